The quantitative estimate of drug-likeness (QED) is 0.451. The molecule has 3 heterocycles. The monoisotopic (exact) mass is 439 g/mol. The first-order chi connectivity index (χ1) is 14.6. The van der Waals surface area contributed by atoms with E-state index in [4.69, 9.17) is 9.47 Å². The third-order valence-electron chi connectivity index (χ3n) is 4.77. The Kier molecular flexibility index (Phi) is 5.87. The third-order valence-corrected chi connectivity index (χ3v) is 6.41. The SMILES string of the molecule is COc1ccc(OC)c(-c2cc(C(=O)NC(c3ccsc3)c3cccs3)n(C)n2)c1. The van der Waals surface area contributed by atoms with Gasteiger partial charge in [-0.3, -0.25) is 9.48 Å². The Morgan fingerprint density at radius 2 is 2.00 bits per heavy atom. The maximum absolute atomic E-state index is 13.2. The van der Waals surface area contributed by atoms with Crippen molar-refractivity contribution in [1.29, 1.82) is 0 Å². The van der Waals surface area contributed by atoms with Gasteiger partial charge in [-0.05, 0) is 58.1 Å². The summed E-state index contributed by atoms with van der Waals surface area (Å²) in [5.74, 6) is 1.16. The van der Waals surface area contributed by atoms with Crippen molar-refractivity contribution in [2.75, 3.05) is 14.2 Å². The molecular formula is C22H21N3O3S2. The smallest absolute Gasteiger partial charge is 0.270 e. The van der Waals surface area contributed by atoms with Crippen LogP contribution in [0.5, 0.6) is 11.5 Å². The van der Waals surface area contributed by atoms with Gasteiger partial charge in [0.25, 0.3) is 5.91 Å². The average molecular weight is 440 g/mol. The summed E-state index contributed by atoms with van der Waals surface area (Å²) < 4.78 is 12.4. The number of thiophene rings is 2. The van der Waals surface area contributed by atoms with Crippen LogP contribution in [0.1, 0.15) is 27.0 Å². The van der Waals surface area contributed by atoms with Gasteiger partial charge >= 0.3 is 0 Å². The highest BCUT2D eigenvalue weighted by atomic mass is 32.1. The third kappa shape index (κ3) is 3.96. The fourth-order valence-electron chi connectivity index (χ4n) is 3.24. The molecule has 0 saturated carbocycles. The Balaban J connectivity index is 1.66. The number of carbonyl (C=O) groups is 1. The highest BCUT2D eigenvalue weighted by molar-refractivity contribution is 7.10. The van der Waals surface area contributed by atoms with Crippen molar-refractivity contribution in [3.05, 3.63) is 74.7 Å². The lowest BCUT2D eigenvalue weighted by Gasteiger charge is -2.16. The summed E-state index contributed by atoms with van der Waals surface area (Å²) in [6, 6.07) is 13.1. The second kappa shape index (κ2) is 8.73. The van der Waals surface area contributed by atoms with Crippen LogP contribution in [0, 0.1) is 0 Å². The topological polar surface area (TPSA) is 65.4 Å². The second-order valence-electron chi connectivity index (χ2n) is 6.58. The van der Waals surface area contributed by atoms with E-state index in [2.05, 4.69) is 15.8 Å². The van der Waals surface area contributed by atoms with Crippen LogP contribution in [-0.4, -0.2) is 29.9 Å². The predicted octanol–water partition coefficient (Wildman–Crippen LogP) is 4.75. The Labute approximate surface area is 182 Å². The van der Waals surface area contributed by atoms with Crippen LogP contribution in [0.2, 0.25) is 0 Å². The molecule has 0 saturated heterocycles. The van der Waals surface area contributed by atoms with Gasteiger partial charge in [-0.25, -0.2) is 0 Å². The Morgan fingerprint density at radius 1 is 1.13 bits per heavy atom. The largest absolute Gasteiger partial charge is 0.497 e. The zero-order chi connectivity index (χ0) is 21.1. The maximum atomic E-state index is 13.2. The molecule has 0 radical (unpaired) electrons. The molecule has 4 aromatic rings. The Morgan fingerprint density at radius 3 is 2.67 bits per heavy atom. The van der Waals surface area contributed by atoms with Crippen molar-refractivity contribution in [2.24, 2.45) is 7.05 Å². The van der Waals surface area contributed by atoms with E-state index in [-0.39, 0.29) is 11.9 Å². The van der Waals surface area contributed by atoms with Crippen LogP contribution < -0.4 is 14.8 Å². The summed E-state index contributed by atoms with van der Waals surface area (Å²) in [5.41, 5.74) is 2.93. The molecule has 1 unspecified atom stereocenters. The van der Waals surface area contributed by atoms with Crippen molar-refractivity contribution < 1.29 is 14.3 Å². The minimum atomic E-state index is -0.201. The van der Waals surface area contributed by atoms with Crippen molar-refractivity contribution in [1.82, 2.24) is 15.1 Å². The van der Waals surface area contributed by atoms with Crippen molar-refractivity contribution in [3.63, 3.8) is 0 Å². The summed E-state index contributed by atoms with van der Waals surface area (Å²) in [6.07, 6.45) is 0. The number of benzene rings is 1. The summed E-state index contributed by atoms with van der Waals surface area (Å²) in [6.45, 7) is 0. The molecule has 4 rings (SSSR count). The second-order valence-corrected chi connectivity index (χ2v) is 8.34. The molecule has 0 aliphatic heterocycles. The van der Waals surface area contributed by atoms with E-state index < -0.39 is 0 Å². The van der Waals surface area contributed by atoms with Gasteiger partial charge in [0, 0.05) is 17.5 Å². The first-order valence-corrected chi connectivity index (χ1v) is 11.1. The predicted molar refractivity (Wildman–Crippen MR) is 120 cm³/mol. The molecule has 154 valence electrons. The molecule has 0 aliphatic rings. The normalized spacial score (nSPS) is 11.8. The zero-order valence-corrected chi connectivity index (χ0v) is 18.4. The number of hydrogen-bond acceptors (Lipinski definition) is 6. The van der Waals surface area contributed by atoms with Crippen molar-refractivity contribution in [2.45, 2.75) is 6.04 Å². The van der Waals surface area contributed by atoms with Gasteiger partial charge in [-0.2, -0.15) is 16.4 Å². The number of nitrogens with one attached hydrogen (secondary N) is 1. The van der Waals surface area contributed by atoms with E-state index >= 15 is 0 Å². The van der Waals surface area contributed by atoms with Crippen molar-refractivity contribution in [3.8, 4) is 22.8 Å². The minimum absolute atomic E-state index is 0.192. The highest BCUT2D eigenvalue weighted by Gasteiger charge is 2.22. The highest BCUT2D eigenvalue weighted by Crippen LogP contribution is 2.33. The molecule has 6 nitrogen and oxygen atoms in total. The number of ether oxygens (including phenoxy) is 2. The summed E-state index contributed by atoms with van der Waals surface area (Å²) in [5, 5.41) is 13.8. The van der Waals surface area contributed by atoms with Gasteiger partial charge in [0.1, 0.15) is 17.2 Å². The van der Waals surface area contributed by atoms with Gasteiger partial charge < -0.3 is 14.8 Å². The van der Waals surface area contributed by atoms with Gasteiger partial charge in [-0.15, -0.1) is 11.3 Å². The summed E-state index contributed by atoms with van der Waals surface area (Å²) in [4.78, 5) is 14.3. The fourth-order valence-corrected chi connectivity index (χ4v) is 4.73. The van der Waals surface area contributed by atoms with Crippen LogP contribution in [0.15, 0.2) is 58.6 Å². The average Bonchev–Trinajstić information content (AvgIpc) is 3.53. The molecule has 0 bridgehead atoms. The van der Waals surface area contributed by atoms with E-state index in [9.17, 15) is 4.79 Å². The number of hydrogen-bond donors (Lipinski definition) is 1. The van der Waals surface area contributed by atoms with Crippen LogP contribution in [0.3, 0.4) is 0 Å². The number of aromatic nitrogens is 2. The van der Waals surface area contributed by atoms with Gasteiger partial charge in [-0.1, -0.05) is 6.07 Å². The van der Waals surface area contributed by atoms with Crippen LogP contribution in [0.4, 0.5) is 0 Å². The number of aryl methyl sites for hydroxylation is 1. The number of rotatable bonds is 7. The molecule has 8 heteroatoms. The Bertz CT molecular complexity index is 1100. The molecule has 1 atom stereocenters. The molecule has 1 aromatic carbocycles. The lowest BCUT2D eigenvalue weighted by molar-refractivity contribution is 0.0934. The van der Waals surface area contributed by atoms with Crippen LogP contribution >= 0.6 is 22.7 Å². The van der Waals surface area contributed by atoms with E-state index in [1.54, 1.807) is 54.7 Å². The van der Waals surface area contributed by atoms with Crippen LogP contribution in [0.25, 0.3) is 11.3 Å². The standard InChI is InChI=1S/C22H21N3O3S2/c1-25-18(12-17(24-25)16-11-15(27-2)6-7-19(16)28-3)22(26)23-21(14-8-10-29-13-14)20-5-4-9-30-20/h4-13,21H,1-3H3,(H,23,26). The number of methoxy groups -OCH3 is 2. The molecule has 0 aliphatic carbocycles. The fraction of sp³-hybridized carbons (Fsp3) is 0.182. The zero-order valence-electron chi connectivity index (χ0n) is 16.8. The molecule has 0 fully saturated rings. The number of carbonyl (C=O) groups excluding carboxylic acids is 1. The lowest BCUT2D eigenvalue weighted by Crippen LogP contribution is -2.30. The molecule has 1 N–H and O–H groups in total. The Hall–Kier alpha value is -3.10. The van der Waals surface area contributed by atoms with E-state index in [0.717, 1.165) is 16.0 Å². The summed E-state index contributed by atoms with van der Waals surface area (Å²) >= 11 is 3.23. The summed E-state index contributed by atoms with van der Waals surface area (Å²) in [7, 11) is 4.97. The van der Waals surface area contributed by atoms with Crippen LogP contribution in [-0.2, 0) is 7.05 Å². The molecule has 30 heavy (non-hydrogen) atoms. The first-order valence-electron chi connectivity index (χ1n) is 9.23. The van der Waals surface area contributed by atoms with Gasteiger partial charge in [0.15, 0.2) is 0 Å². The molecule has 3 aromatic heterocycles. The van der Waals surface area contributed by atoms with E-state index in [1.807, 2.05) is 47.2 Å². The number of amides is 1. The molecular weight excluding hydrogens is 418 g/mol. The molecule has 0 spiro atoms. The van der Waals surface area contributed by atoms with Crippen molar-refractivity contribution >= 4 is 28.6 Å². The lowest BCUT2D eigenvalue weighted by atomic mass is 10.1. The minimum Gasteiger partial charge on any atom is -0.497 e. The van der Waals surface area contributed by atoms with E-state index in [1.165, 1.54) is 0 Å². The van der Waals surface area contributed by atoms with Gasteiger partial charge in [0.05, 0.1) is 26.0 Å². The maximum Gasteiger partial charge on any atom is 0.270 e. The number of nitrogens with zero attached hydrogens (tertiary/aromatic N) is 2. The first kappa shape index (κ1) is 20.2. The van der Waals surface area contributed by atoms with E-state index in [0.29, 0.717) is 22.9 Å². The van der Waals surface area contributed by atoms with Gasteiger partial charge in [0.2, 0.25) is 0 Å². The molecule has 1 amide bonds.